The van der Waals surface area contributed by atoms with Crippen LogP contribution in [0.5, 0.6) is 0 Å². The minimum atomic E-state index is -5.23. The Morgan fingerprint density at radius 3 is 1.84 bits per heavy atom. The van der Waals surface area contributed by atoms with Gasteiger partial charge in [-0.1, -0.05) is 24.0 Å². The number of carbonyl (C=O) groups excluding carboxylic acids is 4. The molecule has 446 valence electrons. The van der Waals surface area contributed by atoms with E-state index in [1.54, 1.807) is 17.4 Å². The highest BCUT2D eigenvalue weighted by Gasteiger charge is 2.57. The SMILES string of the molecule is COC(=O)NC(C(=O)N[C@@H](Cc1ccc(C#Cc2ccc(N3CC4CCC(C3)N4C3COC3)nc2C)cc1)[C@@H](O)CN(Cc1c(F)cc(-c2cnn(C(F)F)c2)cc1F)NC(=O)[C@@H](NC(=O)OC)C(C)(C)C(F)(F)F)C(C)(C)C(F)(F)F. The Morgan fingerprint density at radius 2 is 1.35 bits per heavy atom. The summed E-state index contributed by atoms with van der Waals surface area (Å²) in [7, 11) is 1.61. The van der Waals surface area contributed by atoms with Crippen molar-refractivity contribution in [1.82, 2.24) is 46.0 Å². The van der Waals surface area contributed by atoms with E-state index in [2.05, 4.69) is 41.5 Å². The van der Waals surface area contributed by atoms with Crippen molar-refractivity contribution in [2.45, 2.75) is 122 Å². The van der Waals surface area contributed by atoms with E-state index in [1.165, 1.54) is 12.1 Å². The number of amides is 4. The molecule has 7 rings (SSSR count). The number of alkyl halides is 8. The van der Waals surface area contributed by atoms with Crippen LogP contribution >= 0.6 is 0 Å². The summed E-state index contributed by atoms with van der Waals surface area (Å²) in [5.74, 6) is 0.939. The number of anilines is 1. The molecule has 6 atom stereocenters. The number of rotatable bonds is 19. The highest BCUT2D eigenvalue weighted by molar-refractivity contribution is 5.87. The number of aryl methyl sites for hydroxylation is 1. The second-order valence-corrected chi connectivity index (χ2v) is 21.4. The van der Waals surface area contributed by atoms with E-state index in [-0.39, 0.29) is 21.4 Å². The molecular formula is C54H62F10N10O8. The van der Waals surface area contributed by atoms with Gasteiger partial charge in [0.25, 0.3) is 5.91 Å². The number of halogens is 10. The van der Waals surface area contributed by atoms with Crippen molar-refractivity contribution in [2.75, 3.05) is 52.0 Å². The Kier molecular flexibility index (Phi) is 19.1. The third-order valence-electron chi connectivity index (χ3n) is 15.1. The first kappa shape index (κ1) is 62.4. The zero-order valence-corrected chi connectivity index (χ0v) is 45.5. The first-order chi connectivity index (χ1) is 38.4. The summed E-state index contributed by atoms with van der Waals surface area (Å²) < 4.78 is 161. The Hall–Kier alpha value is -7.22. The summed E-state index contributed by atoms with van der Waals surface area (Å²) in [5.41, 5.74) is -3.48. The fourth-order valence-corrected chi connectivity index (χ4v) is 9.89. The number of nitrogens with zero attached hydrogens (tertiary/aromatic N) is 6. The van der Waals surface area contributed by atoms with Gasteiger partial charge in [0.1, 0.15) is 29.5 Å². The zero-order valence-electron chi connectivity index (χ0n) is 45.5. The summed E-state index contributed by atoms with van der Waals surface area (Å²) in [4.78, 5) is 62.7. The third kappa shape index (κ3) is 14.2. The van der Waals surface area contributed by atoms with Gasteiger partial charge in [0.05, 0.1) is 68.3 Å². The lowest BCUT2D eigenvalue weighted by atomic mass is 9.82. The largest absolute Gasteiger partial charge is 0.453 e. The van der Waals surface area contributed by atoms with Crippen LogP contribution in [-0.2, 0) is 36.8 Å². The van der Waals surface area contributed by atoms with Crippen molar-refractivity contribution in [3.8, 4) is 23.0 Å². The van der Waals surface area contributed by atoms with Gasteiger partial charge in [-0.05, 0) is 101 Å². The second kappa shape index (κ2) is 25.1. The summed E-state index contributed by atoms with van der Waals surface area (Å²) in [5, 5.41) is 22.0. The molecule has 28 heteroatoms. The first-order valence-corrected chi connectivity index (χ1v) is 25.8. The number of aliphatic hydroxyl groups excluding tert-OH is 1. The quantitative estimate of drug-likeness (QED) is 0.0368. The molecule has 0 saturated carbocycles. The lowest BCUT2D eigenvalue weighted by Gasteiger charge is -2.48. The van der Waals surface area contributed by atoms with Gasteiger partial charge >= 0.3 is 31.1 Å². The molecule has 0 spiro atoms. The van der Waals surface area contributed by atoms with Crippen LogP contribution in [0.3, 0.4) is 0 Å². The van der Waals surface area contributed by atoms with Gasteiger partial charge in [0.2, 0.25) is 5.91 Å². The molecule has 2 aromatic heterocycles. The van der Waals surface area contributed by atoms with Gasteiger partial charge < -0.3 is 40.2 Å². The second-order valence-electron chi connectivity index (χ2n) is 21.4. The number of hydrogen-bond donors (Lipinski definition) is 5. The van der Waals surface area contributed by atoms with Crippen molar-refractivity contribution in [3.05, 3.63) is 101 Å². The molecule has 3 aliphatic heterocycles. The standard InChI is InChI=1S/C54H62F10N10O8/c1-29-32(14-17-43(66-29)71-23-35-15-16-36(24-71)74(35)37-27-82-28-37)13-12-30-8-10-31(11-9-30)18-41(67-46(76)44(68-49(78)80-6)51(2,3)53(59,60)61)42(75)26-72(70-47(77)45(69-50(79)81-7)52(4,5)54(62,63)64)25-38-39(55)19-33(20-40(38)56)34-21-65-73(22-34)48(57)58/h8-11,14,17,19-22,35-37,41-42,44-45,48,75H,15-16,18,23-28H2,1-7H3,(H,67,76)(H,68,78)(H,69,79)(H,70,77)/t35?,36?,41-,42-,44?,45+/m0/s1. The lowest BCUT2D eigenvalue weighted by Crippen LogP contribution is -2.63. The minimum Gasteiger partial charge on any atom is -0.453 e. The Labute approximate surface area is 465 Å². The van der Waals surface area contributed by atoms with Gasteiger partial charge in [-0.2, -0.15) is 40.2 Å². The van der Waals surface area contributed by atoms with E-state index in [0.29, 0.717) is 79.8 Å². The van der Waals surface area contributed by atoms with Crippen molar-refractivity contribution < 1.29 is 82.4 Å². The van der Waals surface area contributed by atoms with Crippen LogP contribution < -0.4 is 26.3 Å². The number of pyridine rings is 1. The average Bonchev–Trinajstić information content (AvgIpc) is 4.15. The number of benzene rings is 2. The summed E-state index contributed by atoms with van der Waals surface area (Å²) >= 11 is 0. The first-order valence-electron chi connectivity index (χ1n) is 25.8. The predicted octanol–water partition coefficient (Wildman–Crippen LogP) is 6.93. The number of aliphatic hydroxyl groups is 1. The monoisotopic (exact) mass is 1170 g/mol. The van der Waals surface area contributed by atoms with E-state index in [0.717, 1.165) is 71.6 Å². The molecule has 3 unspecified atom stereocenters. The van der Waals surface area contributed by atoms with E-state index in [4.69, 9.17) is 9.72 Å². The van der Waals surface area contributed by atoms with Crippen molar-refractivity contribution in [3.63, 3.8) is 0 Å². The predicted molar refractivity (Wildman–Crippen MR) is 274 cm³/mol. The maximum Gasteiger partial charge on any atom is 0.407 e. The fraction of sp³-hybridized carbons (Fsp3) is 0.519. The van der Waals surface area contributed by atoms with E-state index in [9.17, 15) is 59.4 Å². The zero-order chi connectivity index (χ0) is 60.2. The molecule has 4 amide bonds. The van der Waals surface area contributed by atoms with Crippen molar-refractivity contribution >= 4 is 29.8 Å². The summed E-state index contributed by atoms with van der Waals surface area (Å²) in [6.07, 6.45) is -12.1. The molecule has 3 saturated heterocycles. The molecule has 5 heterocycles. The number of fused-ring (bicyclic) bond motifs is 2. The lowest BCUT2D eigenvalue weighted by molar-refractivity contribution is -0.221. The number of piperazine rings is 1. The average molecular weight is 1170 g/mol. The number of methoxy groups -OCH3 is 2. The van der Waals surface area contributed by atoms with Crippen LogP contribution in [0.1, 0.15) is 75.0 Å². The summed E-state index contributed by atoms with van der Waals surface area (Å²) in [6.45, 7) is 1.89. The van der Waals surface area contributed by atoms with Crippen LogP contribution in [0, 0.1) is 41.2 Å². The smallest absolute Gasteiger partial charge is 0.407 e. The Morgan fingerprint density at radius 1 is 0.793 bits per heavy atom. The van der Waals surface area contributed by atoms with Crippen LogP contribution in [0.2, 0.25) is 0 Å². The topological polar surface area (TPSA) is 205 Å². The van der Waals surface area contributed by atoms with Crippen molar-refractivity contribution in [1.29, 1.82) is 0 Å². The molecule has 18 nitrogen and oxygen atoms in total. The molecular weight excluding hydrogens is 1110 g/mol. The maximum atomic E-state index is 16.1. The molecule has 2 aromatic carbocycles. The molecule has 3 fully saturated rings. The molecule has 82 heavy (non-hydrogen) atoms. The molecule has 0 radical (unpaired) electrons. The normalized spacial score (nSPS) is 18.4. The molecule has 2 bridgehead atoms. The Balaban J connectivity index is 1.19. The van der Waals surface area contributed by atoms with E-state index in [1.807, 2.05) is 29.8 Å². The van der Waals surface area contributed by atoms with Crippen LogP contribution in [0.4, 0.5) is 59.3 Å². The fourth-order valence-electron chi connectivity index (χ4n) is 9.89. The third-order valence-corrected chi connectivity index (χ3v) is 15.1. The number of aromatic nitrogens is 3. The Bertz CT molecular complexity index is 2980. The van der Waals surface area contributed by atoms with Crippen molar-refractivity contribution in [2.24, 2.45) is 10.8 Å². The van der Waals surface area contributed by atoms with Crippen LogP contribution in [0.15, 0.2) is 60.9 Å². The van der Waals surface area contributed by atoms with E-state index < -0.39 is 115 Å². The van der Waals surface area contributed by atoms with Gasteiger partial charge in [-0.3, -0.25) is 19.9 Å². The van der Waals surface area contributed by atoms with Crippen LogP contribution in [-0.4, -0.2) is 156 Å². The number of hydrazine groups is 1. The molecule has 0 aliphatic carbocycles. The summed E-state index contributed by atoms with van der Waals surface area (Å²) in [6, 6.07) is 5.73. The van der Waals surface area contributed by atoms with Gasteiger partial charge in [-0.15, -0.1) is 0 Å². The molecule has 4 aromatic rings. The molecule has 3 aliphatic rings. The number of nitrogens with one attached hydrogen (secondary N) is 4. The maximum absolute atomic E-state index is 16.1. The molecule has 5 N–H and O–H groups in total. The number of alkyl carbamates (subject to hydrolysis) is 2. The van der Waals surface area contributed by atoms with E-state index >= 15 is 8.78 Å². The number of ether oxygens (including phenoxy) is 3. The van der Waals surface area contributed by atoms with Gasteiger partial charge in [0.15, 0.2) is 0 Å². The number of hydrogen-bond acceptors (Lipinski definition) is 13. The number of carbonyl (C=O) groups is 4. The highest BCUT2D eigenvalue weighted by atomic mass is 19.4. The van der Waals surface area contributed by atoms with Gasteiger partial charge in [0, 0.05) is 66.7 Å². The minimum absolute atomic E-state index is 0.173. The van der Waals surface area contributed by atoms with Gasteiger partial charge in [-0.25, -0.2) is 33.0 Å². The highest BCUT2D eigenvalue weighted by Crippen LogP contribution is 2.42. The van der Waals surface area contributed by atoms with Crippen LogP contribution in [0.25, 0.3) is 11.1 Å².